The minimum atomic E-state index is -3.47. The number of nitrogens with one attached hydrogen (secondary N) is 4. The van der Waals surface area contributed by atoms with Gasteiger partial charge in [0.2, 0.25) is 16.0 Å². The van der Waals surface area contributed by atoms with Crippen molar-refractivity contribution in [2.75, 3.05) is 34.7 Å². The van der Waals surface area contributed by atoms with Crippen molar-refractivity contribution in [3.8, 4) is 0 Å². The maximum atomic E-state index is 11.7. The molecule has 2 aromatic carbocycles. The number of aromatic amines is 1. The largest absolute Gasteiger partial charge is 0.393 e. The summed E-state index contributed by atoms with van der Waals surface area (Å²) in [5.74, 6) is 1.50. The highest BCUT2D eigenvalue weighted by atomic mass is 35.5. The number of hydrogen-bond donors (Lipinski definition) is 5. The number of nitrogens with zero attached hydrogens (tertiary/aromatic N) is 4. The standard InChI is InChI=1S/C24H27ClN8O3S/c1-37(35,36)32-20-5-3-2-4-18(20)30-23-17(25)13-26-24(31-23)27-15-6-7-19-21(12-15)29-22(28-19)14-33-10-8-16(34)9-11-33/h2-7,12-13,16,32,34H,8-11,14H2,1H3,(H,28,29)(H2,26,27,30,31). The number of para-hydroxylation sites is 2. The number of sulfonamides is 1. The van der Waals surface area contributed by atoms with E-state index in [4.69, 9.17) is 11.6 Å². The molecule has 3 heterocycles. The van der Waals surface area contributed by atoms with Crippen LogP contribution in [0.1, 0.15) is 18.7 Å². The summed E-state index contributed by atoms with van der Waals surface area (Å²) in [5, 5.41) is 16.2. The Hall–Kier alpha value is -3.45. The van der Waals surface area contributed by atoms with E-state index in [2.05, 4.69) is 40.2 Å². The van der Waals surface area contributed by atoms with Gasteiger partial charge in [-0.2, -0.15) is 4.98 Å². The molecule has 4 aromatic rings. The molecule has 5 rings (SSSR count). The van der Waals surface area contributed by atoms with Gasteiger partial charge in [0.1, 0.15) is 10.8 Å². The molecular formula is C24H27ClN8O3S. The van der Waals surface area contributed by atoms with Gasteiger partial charge in [-0.15, -0.1) is 0 Å². The van der Waals surface area contributed by atoms with Crippen LogP contribution in [0.15, 0.2) is 48.7 Å². The number of likely N-dealkylation sites (tertiary alicyclic amines) is 1. The van der Waals surface area contributed by atoms with Gasteiger partial charge in [-0.05, 0) is 43.2 Å². The molecule has 1 aliphatic heterocycles. The monoisotopic (exact) mass is 542 g/mol. The predicted octanol–water partition coefficient (Wildman–Crippen LogP) is 3.82. The minimum absolute atomic E-state index is 0.203. The quantitative estimate of drug-likeness (QED) is 0.224. The first-order valence-corrected chi connectivity index (χ1v) is 14.0. The molecule has 37 heavy (non-hydrogen) atoms. The van der Waals surface area contributed by atoms with E-state index in [0.717, 1.165) is 54.7 Å². The molecule has 1 saturated heterocycles. The van der Waals surface area contributed by atoms with Crippen molar-refractivity contribution in [1.82, 2.24) is 24.8 Å². The van der Waals surface area contributed by atoms with Gasteiger partial charge < -0.3 is 20.7 Å². The van der Waals surface area contributed by atoms with Crippen molar-refractivity contribution < 1.29 is 13.5 Å². The van der Waals surface area contributed by atoms with Crippen LogP contribution in [-0.4, -0.2) is 63.8 Å². The fraction of sp³-hybridized carbons (Fsp3) is 0.292. The third-order valence-corrected chi connectivity index (χ3v) is 6.80. The van der Waals surface area contributed by atoms with E-state index in [1.807, 2.05) is 18.2 Å². The fourth-order valence-electron chi connectivity index (χ4n) is 4.16. The van der Waals surface area contributed by atoms with Crippen molar-refractivity contribution in [2.45, 2.75) is 25.5 Å². The van der Waals surface area contributed by atoms with Gasteiger partial charge >= 0.3 is 0 Å². The molecule has 2 aromatic heterocycles. The summed E-state index contributed by atoms with van der Waals surface area (Å²) < 4.78 is 25.9. The Bertz CT molecular complexity index is 1520. The topological polar surface area (TPSA) is 148 Å². The fourth-order valence-corrected chi connectivity index (χ4v) is 4.87. The lowest BCUT2D eigenvalue weighted by Crippen LogP contribution is -2.35. The molecule has 194 valence electrons. The molecule has 0 amide bonds. The highest BCUT2D eigenvalue weighted by molar-refractivity contribution is 7.92. The lowest BCUT2D eigenvalue weighted by Gasteiger charge is -2.28. The van der Waals surface area contributed by atoms with E-state index in [1.165, 1.54) is 6.20 Å². The van der Waals surface area contributed by atoms with Crippen molar-refractivity contribution >= 4 is 61.5 Å². The average Bonchev–Trinajstić information content (AvgIpc) is 3.24. The molecule has 0 spiro atoms. The van der Waals surface area contributed by atoms with Gasteiger partial charge in [0.05, 0.1) is 47.5 Å². The summed E-state index contributed by atoms with van der Waals surface area (Å²) in [6.07, 6.45) is 3.92. The van der Waals surface area contributed by atoms with Crippen molar-refractivity contribution in [3.63, 3.8) is 0 Å². The number of fused-ring (bicyclic) bond motifs is 1. The number of benzene rings is 2. The molecule has 13 heteroatoms. The molecule has 0 radical (unpaired) electrons. The molecular weight excluding hydrogens is 516 g/mol. The number of imidazole rings is 1. The lowest BCUT2D eigenvalue weighted by atomic mass is 10.1. The van der Waals surface area contributed by atoms with Gasteiger partial charge in [0.15, 0.2) is 5.82 Å². The van der Waals surface area contributed by atoms with Gasteiger partial charge in [0, 0.05) is 18.8 Å². The SMILES string of the molecule is CS(=O)(=O)Nc1ccccc1Nc1nc(Nc2ccc3nc(CN4CCC(O)CC4)[nH]c3c2)ncc1Cl. The van der Waals surface area contributed by atoms with E-state index in [-0.39, 0.29) is 11.1 Å². The summed E-state index contributed by atoms with van der Waals surface area (Å²) in [4.78, 5) is 19.1. The van der Waals surface area contributed by atoms with Crippen LogP contribution in [-0.2, 0) is 16.6 Å². The summed E-state index contributed by atoms with van der Waals surface area (Å²) in [7, 11) is -3.47. The molecule has 1 aliphatic rings. The zero-order valence-electron chi connectivity index (χ0n) is 20.1. The van der Waals surface area contributed by atoms with Crippen molar-refractivity contribution in [2.24, 2.45) is 0 Å². The third-order valence-electron chi connectivity index (χ3n) is 5.94. The maximum absolute atomic E-state index is 11.7. The van der Waals surface area contributed by atoms with E-state index < -0.39 is 10.0 Å². The van der Waals surface area contributed by atoms with Crippen molar-refractivity contribution in [1.29, 1.82) is 0 Å². The molecule has 11 nitrogen and oxygen atoms in total. The normalized spacial score (nSPS) is 15.1. The van der Waals surface area contributed by atoms with Gasteiger partial charge in [-0.25, -0.2) is 18.4 Å². The molecule has 5 N–H and O–H groups in total. The summed E-state index contributed by atoms with van der Waals surface area (Å²) in [5.41, 5.74) is 3.36. The Balaban J connectivity index is 1.31. The molecule has 1 fully saturated rings. The van der Waals surface area contributed by atoms with E-state index >= 15 is 0 Å². The highest BCUT2D eigenvalue weighted by Crippen LogP contribution is 2.30. The van der Waals surface area contributed by atoms with Gasteiger partial charge in [-0.3, -0.25) is 9.62 Å². The Morgan fingerprint density at radius 3 is 2.62 bits per heavy atom. The minimum Gasteiger partial charge on any atom is -0.393 e. The number of piperidine rings is 1. The summed E-state index contributed by atoms with van der Waals surface area (Å²) >= 11 is 6.32. The van der Waals surface area contributed by atoms with Crippen LogP contribution < -0.4 is 15.4 Å². The molecule has 0 atom stereocenters. The van der Waals surface area contributed by atoms with Crippen molar-refractivity contribution in [3.05, 3.63) is 59.5 Å². The number of hydrogen-bond acceptors (Lipinski definition) is 9. The van der Waals surface area contributed by atoms with Gasteiger partial charge in [0.25, 0.3) is 0 Å². The lowest BCUT2D eigenvalue weighted by molar-refractivity contribution is 0.0782. The number of aliphatic hydroxyl groups excluding tert-OH is 1. The first-order valence-electron chi connectivity index (χ1n) is 11.7. The Morgan fingerprint density at radius 1 is 1.11 bits per heavy atom. The van der Waals surface area contributed by atoms with Crippen LogP contribution in [0.25, 0.3) is 11.0 Å². The Labute approximate surface area is 219 Å². The summed E-state index contributed by atoms with van der Waals surface area (Å²) in [6, 6.07) is 12.6. The zero-order chi connectivity index (χ0) is 26.0. The van der Waals surface area contributed by atoms with Crippen LogP contribution in [0.5, 0.6) is 0 Å². The maximum Gasteiger partial charge on any atom is 0.229 e. The highest BCUT2D eigenvalue weighted by Gasteiger charge is 2.18. The van der Waals surface area contributed by atoms with E-state index in [0.29, 0.717) is 29.7 Å². The number of rotatable bonds is 8. The number of anilines is 5. The average molecular weight is 543 g/mol. The Morgan fingerprint density at radius 2 is 1.86 bits per heavy atom. The molecule has 0 saturated carbocycles. The van der Waals surface area contributed by atoms with Crippen LogP contribution >= 0.6 is 11.6 Å². The Kier molecular flexibility index (Phi) is 7.15. The molecule has 0 bridgehead atoms. The second-order valence-corrected chi connectivity index (χ2v) is 11.1. The van der Waals surface area contributed by atoms with Crippen LogP contribution in [0.3, 0.4) is 0 Å². The van der Waals surface area contributed by atoms with Crippen LogP contribution in [0.4, 0.5) is 28.8 Å². The van der Waals surface area contributed by atoms with Crippen LogP contribution in [0, 0.1) is 0 Å². The van der Waals surface area contributed by atoms with Gasteiger partial charge in [-0.1, -0.05) is 23.7 Å². The zero-order valence-corrected chi connectivity index (χ0v) is 21.6. The summed E-state index contributed by atoms with van der Waals surface area (Å²) in [6.45, 7) is 2.41. The molecule has 0 unspecified atom stereocenters. The first kappa shape index (κ1) is 25.2. The van der Waals surface area contributed by atoms with E-state index in [1.54, 1.807) is 24.3 Å². The number of aliphatic hydroxyl groups is 1. The predicted molar refractivity (Wildman–Crippen MR) is 145 cm³/mol. The number of aromatic nitrogens is 4. The smallest absolute Gasteiger partial charge is 0.229 e. The van der Waals surface area contributed by atoms with E-state index in [9.17, 15) is 13.5 Å². The molecule has 0 aliphatic carbocycles. The van der Waals surface area contributed by atoms with Crippen LogP contribution in [0.2, 0.25) is 5.02 Å². The second-order valence-electron chi connectivity index (χ2n) is 8.98. The second kappa shape index (κ2) is 10.5. The number of halogens is 1. The number of H-pyrrole nitrogens is 1. The third kappa shape index (κ3) is 6.46. The first-order chi connectivity index (χ1) is 17.7.